The fourth-order valence-corrected chi connectivity index (χ4v) is 2.88. The lowest BCUT2D eigenvalue weighted by atomic mass is 10.2. The fourth-order valence-electron chi connectivity index (χ4n) is 2.88. The van der Waals surface area contributed by atoms with Gasteiger partial charge in [0, 0.05) is 12.2 Å². The molecule has 2 aromatic heterocycles. The molecule has 1 N–H and O–H groups in total. The summed E-state index contributed by atoms with van der Waals surface area (Å²) >= 11 is 0. The molecule has 2 heterocycles. The van der Waals surface area contributed by atoms with Crippen LogP contribution in [0.4, 0.5) is 0 Å². The summed E-state index contributed by atoms with van der Waals surface area (Å²) in [7, 11) is 0. The Hall–Kier alpha value is -2.56. The summed E-state index contributed by atoms with van der Waals surface area (Å²) in [6, 6.07) is 9.87. The second kappa shape index (κ2) is 6.91. The van der Waals surface area contributed by atoms with Crippen LogP contribution in [0.2, 0.25) is 0 Å². The molecule has 0 amide bonds. The van der Waals surface area contributed by atoms with Gasteiger partial charge in [0.2, 0.25) is 0 Å². The van der Waals surface area contributed by atoms with Crippen LogP contribution in [0.15, 0.2) is 35.1 Å². The number of nitrogens with one attached hydrogen (secondary N) is 1. The first-order valence-corrected chi connectivity index (χ1v) is 8.31. The Morgan fingerprint density at radius 3 is 2.75 bits per heavy atom. The van der Waals surface area contributed by atoms with Gasteiger partial charge in [-0.25, -0.2) is 4.98 Å². The van der Waals surface area contributed by atoms with Crippen LogP contribution in [-0.4, -0.2) is 21.1 Å². The van der Waals surface area contributed by atoms with Crippen LogP contribution >= 0.6 is 0 Å². The SMILES string of the molecule is Cc1cc2c(=O)n(CCCCOc3ccccc3C)c(C)nc2[nH]1. The third-order valence-electron chi connectivity index (χ3n) is 4.20. The summed E-state index contributed by atoms with van der Waals surface area (Å²) in [6.45, 7) is 7.16. The third-order valence-corrected chi connectivity index (χ3v) is 4.20. The number of hydrogen-bond acceptors (Lipinski definition) is 3. The van der Waals surface area contributed by atoms with Crippen molar-refractivity contribution in [3.8, 4) is 5.75 Å². The summed E-state index contributed by atoms with van der Waals surface area (Å²) in [4.78, 5) is 20.2. The van der Waals surface area contributed by atoms with Crippen molar-refractivity contribution in [1.82, 2.24) is 14.5 Å². The minimum atomic E-state index is 0.0293. The summed E-state index contributed by atoms with van der Waals surface area (Å²) in [5, 5.41) is 0.661. The van der Waals surface area contributed by atoms with Gasteiger partial charge < -0.3 is 9.72 Å². The number of aromatic amines is 1. The standard InChI is InChI=1S/C19H23N3O2/c1-13-8-4-5-9-17(13)24-11-7-6-10-22-15(3)21-18-16(19(22)23)12-14(2)20-18/h4-5,8-9,12,20H,6-7,10-11H2,1-3H3. The van der Waals surface area contributed by atoms with Crippen LogP contribution < -0.4 is 10.3 Å². The topological polar surface area (TPSA) is 59.9 Å². The number of benzene rings is 1. The molecular formula is C19H23N3O2. The van der Waals surface area contributed by atoms with Crippen LogP contribution in [0, 0.1) is 20.8 Å². The van der Waals surface area contributed by atoms with Crippen LogP contribution in [0.1, 0.15) is 29.9 Å². The maximum absolute atomic E-state index is 12.6. The highest BCUT2D eigenvalue weighted by Crippen LogP contribution is 2.16. The van der Waals surface area contributed by atoms with E-state index in [4.69, 9.17) is 4.74 Å². The van der Waals surface area contributed by atoms with E-state index >= 15 is 0 Å². The van der Waals surface area contributed by atoms with Crippen LogP contribution in [0.3, 0.4) is 0 Å². The van der Waals surface area contributed by atoms with E-state index in [0.29, 0.717) is 24.2 Å². The molecule has 24 heavy (non-hydrogen) atoms. The number of aromatic nitrogens is 3. The number of unbranched alkanes of at least 4 members (excludes halogenated alkanes) is 1. The molecule has 126 valence electrons. The maximum atomic E-state index is 12.6. The molecule has 5 nitrogen and oxygen atoms in total. The number of rotatable bonds is 6. The molecule has 0 spiro atoms. The van der Waals surface area contributed by atoms with E-state index in [2.05, 4.69) is 9.97 Å². The second-order valence-corrected chi connectivity index (χ2v) is 6.15. The zero-order valence-corrected chi connectivity index (χ0v) is 14.4. The predicted octanol–water partition coefficient (Wildman–Crippen LogP) is 3.51. The number of H-pyrrole nitrogens is 1. The lowest BCUT2D eigenvalue weighted by Gasteiger charge is -2.11. The fraction of sp³-hybridized carbons (Fsp3) is 0.368. The minimum Gasteiger partial charge on any atom is -0.493 e. The average molecular weight is 325 g/mol. The van der Waals surface area contributed by atoms with Gasteiger partial charge in [0.15, 0.2) is 0 Å². The van der Waals surface area contributed by atoms with Crippen molar-refractivity contribution in [2.24, 2.45) is 0 Å². The van der Waals surface area contributed by atoms with E-state index in [-0.39, 0.29) is 5.56 Å². The Bertz CT molecular complexity index is 909. The Morgan fingerprint density at radius 2 is 1.96 bits per heavy atom. The van der Waals surface area contributed by atoms with Gasteiger partial charge in [-0.1, -0.05) is 18.2 Å². The van der Waals surface area contributed by atoms with Gasteiger partial charge in [0.1, 0.15) is 17.2 Å². The molecule has 3 aromatic rings. The first-order chi connectivity index (χ1) is 11.6. The molecule has 0 atom stereocenters. The molecule has 0 unspecified atom stereocenters. The molecule has 0 aliphatic heterocycles. The van der Waals surface area contributed by atoms with Crippen molar-refractivity contribution >= 4 is 11.0 Å². The maximum Gasteiger partial charge on any atom is 0.263 e. The van der Waals surface area contributed by atoms with Gasteiger partial charge in [-0.15, -0.1) is 0 Å². The Kier molecular flexibility index (Phi) is 4.69. The Labute approximate surface area is 141 Å². The van der Waals surface area contributed by atoms with Crippen molar-refractivity contribution < 1.29 is 4.74 Å². The van der Waals surface area contributed by atoms with E-state index < -0.39 is 0 Å². The normalized spacial score (nSPS) is 11.1. The number of fused-ring (bicyclic) bond motifs is 1. The molecular weight excluding hydrogens is 302 g/mol. The lowest BCUT2D eigenvalue weighted by Crippen LogP contribution is -2.23. The Balaban J connectivity index is 1.60. The molecule has 3 rings (SSSR count). The number of hydrogen-bond donors (Lipinski definition) is 1. The molecule has 5 heteroatoms. The second-order valence-electron chi connectivity index (χ2n) is 6.15. The quantitative estimate of drug-likeness (QED) is 0.706. The highest BCUT2D eigenvalue weighted by molar-refractivity contribution is 5.75. The molecule has 1 aromatic carbocycles. The molecule has 0 bridgehead atoms. The zero-order chi connectivity index (χ0) is 17.1. The number of ether oxygens (including phenoxy) is 1. The van der Waals surface area contributed by atoms with Crippen molar-refractivity contribution in [2.45, 2.75) is 40.2 Å². The van der Waals surface area contributed by atoms with E-state index in [1.807, 2.05) is 51.1 Å². The van der Waals surface area contributed by atoms with Crippen molar-refractivity contribution in [1.29, 1.82) is 0 Å². The number of para-hydroxylation sites is 1. The van der Waals surface area contributed by atoms with Gasteiger partial charge in [0.25, 0.3) is 5.56 Å². The van der Waals surface area contributed by atoms with Gasteiger partial charge in [-0.2, -0.15) is 0 Å². The number of nitrogens with zero attached hydrogens (tertiary/aromatic N) is 2. The van der Waals surface area contributed by atoms with Gasteiger partial charge in [-0.05, 0) is 51.3 Å². The molecule has 0 aliphatic rings. The Morgan fingerprint density at radius 1 is 1.17 bits per heavy atom. The molecule has 0 fully saturated rings. The highest BCUT2D eigenvalue weighted by Gasteiger charge is 2.09. The first kappa shape index (κ1) is 16.3. The minimum absolute atomic E-state index is 0.0293. The first-order valence-electron chi connectivity index (χ1n) is 8.31. The molecule has 0 aliphatic carbocycles. The van der Waals surface area contributed by atoms with Crippen LogP contribution in [0.25, 0.3) is 11.0 Å². The van der Waals surface area contributed by atoms with E-state index in [9.17, 15) is 4.79 Å². The average Bonchev–Trinajstić information content (AvgIpc) is 2.92. The smallest absolute Gasteiger partial charge is 0.263 e. The van der Waals surface area contributed by atoms with Crippen LogP contribution in [-0.2, 0) is 6.54 Å². The van der Waals surface area contributed by atoms with E-state index in [0.717, 1.165) is 35.7 Å². The van der Waals surface area contributed by atoms with Gasteiger partial charge in [0.05, 0.1) is 12.0 Å². The van der Waals surface area contributed by atoms with Crippen molar-refractivity contribution in [2.75, 3.05) is 6.61 Å². The van der Waals surface area contributed by atoms with E-state index in [1.165, 1.54) is 0 Å². The lowest BCUT2D eigenvalue weighted by molar-refractivity contribution is 0.300. The summed E-state index contributed by atoms with van der Waals surface area (Å²) in [5.74, 6) is 1.67. The van der Waals surface area contributed by atoms with Crippen LogP contribution in [0.5, 0.6) is 5.75 Å². The molecule has 0 radical (unpaired) electrons. The van der Waals surface area contributed by atoms with Crippen molar-refractivity contribution in [3.05, 3.63) is 57.8 Å². The zero-order valence-electron chi connectivity index (χ0n) is 14.4. The monoisotopic (exact) mass is 325 g/mol. The largest absolute Gasteiger partial charge is 0.493 e. The molecule has 0 saturated carbocycles. The van der Waals surface area contributed by atoms with Crippen molar-refractivity contribution in [3.63, 3.8) is 0 Å². The highest BCUT2D eigenvalue weighted by atomic mass is 16.5. The number of aryl methyl sites for hydroxylation is 3. The van der Waals surface area contributed by atoms with Gasteiger partial charge >= 0.3 is 0 Å². The van der Waals surface area contributed by atoms with E-state index in [1.54, 1.807) is 4.57 Å². The third kappa shape index (κ3) is 3.35. The predicted molar refractivity (Wildman–Crippen MR) is 95.7 cm³/mol. The summed E-state index contributed by atoms with van der Waals surface area (Å²) in [5.41, 5.74) is 2.80. The molecule has 0 saturated heterocycles. The van der Waals surface area contributed by atoms with Gasteiger partial charge in [-0.3, -0.25) is 9.36 Å². The summed E-state index contributed by atoms with van der Waals surface area (Å²) < 4.78 is 7.55. The summed E-state index contributed by atoms with van der Waals surface area (Å²) in [6.07, 6.45) is 1.77.